The number of ether oxygens (including phenoxy) is 2. The van der Waals surface area contributed by atoms with Crippen LogP contribution in [0.25, 0.3) is 11.5 Å². The number of ketones is 2. The van der Waals surface area contributed by atoms with Gasteiger partial charge < -0.3 is 40.1 Å². The van der Waals surface area contributed by atoms with E-state index in [0.29, 0.717) is 22.3 Å². The van der Waals surface area contributed by atoms with Crippen LogP contribution in [0.3, 0.4) is 0 Å². The van der Waals surface area contributed by atoms with Gasteiger partial charge in [0.25, 0.3) is 0 Å². The molecule has 0 fully saturated rings. The Morgan fingerprint density at radius 2 is 0.738 bits per heavy atom. The fourth-order valence-corrected chi connectivity index (χ4v) is 4.81. The predicted octanol–water partition coefficient (Wildman–Crippen LogP) is 6.39. The summed E-state index contributed by atoms with van der Waals surface area (Å²) in [6.07, 6.45) is 1.83. The summed E-state index contributed by atoms with van der Waals surface area (Å²) in [5, 5.41) is 59.8. The maximum atomic E-state index is 12.3. The molecule has 4 N–H and O–H groups in total. The number of hydrogen-bond donors (Lipinski definition) is 4. The van der Waals surface area contributed by atoms with Crippen LogP contribution < -0.4 is 19.7 Å². The van der Waals surface area contributed by atoms with Crippen molar-refractivity contribution in [2.75, 3.05) is 13.2 Å². The molecule has 0 unspecified atom stereocenters. The molecule has 0 aromatic heterocycles. The van der Waals surface area contributed by atoms with Gasteiger partial charge in [0.2, 0.25) is 0 Å². The average Bonchev–Trinajstić information content (AvgIpc) is 3.25. The van der Waals surface area contributed by atoms with Crippen molar-refractivity contribution in [1.29, 1.82) is 0 Å². The van der Waals surface area contributed by atoms with Crippen molar-refractivity contribution in [2.24, 2.45) is 0 Å². The van der Waals surface area contributed by atoms with Crippen LogP contribution in [0.4, 0.5) is 0 Å². The summed E-state index contributed by atoms with van der Waals surface area (Å²) >= 11 is 0. The largest absolute Gasteiger partial charge is 2.00 e. The second kappa shape index (κ2) is 26.8. The topological polar surface area (TPSA) is 214 Å². The van der Waals surface area contributed by atoms with Crippen molar-refractivity contribution in [2.45, 2.75) is 13.8 Å². The molecule has 0 bridgehead atoms. The summed E-state index contributed by atoms with van der Waals surface area (Å²) in [5.74, 6) is -3.94. The first-order valence-electron chi connectivity index (χ1n) is 18.3. The van der Waals surface area contributed by atoms with E-state index in [1.54, 1.807) is 135 Å². The zero-order valence-electron chi connectivity index (χ0n) is 33.3. The fourth-order valence-electron chi connectivity index (χ4n) is 4.81. The van der Waals surface area contributed by atoms with Gasteiger partial charge in [-0.1, -0.05) is 109 Å². The third-order valence-corrected chi connectivity index (χ3v) is 7.55. The number of allylic oxidation sites excluding steroid dienone is 2. The van der Waals surface area contributed by atoms with E-state index in [1.807, 2.05) is 0 Å². The SMILES string of the molecule is CCO.CCO.O=C(/C=C(\[O-])c1ccc(OC(=O)c2ccccc2)cc1O)c1ccccc1.O=C(/C=C(\[O-])c1ccc(OC(=O)c2ccccc2)cc1O)c1ccccc1.[Zn+2]. The van der Waals surface area contributed by atoms with Crippen LogP contribution in [0.1, 0.15) is 66.4 Å². The van der Waals surface area contributed by atoms with Crippen LogP contribution in [0, 0.1) is 0 Å². The second-order valence-corrected chi connectivity index (χ2v) is 12.0. The minimum Gasteiger partial charge on any atom is -0.872 e. The molecule has 0 aliphatic rings. The maximum Gasteiger partial charge on any atom is 2.00 e. The monoisotopic (exact) mass is 874 g/mol. The maximum absolute atomic E-state index is 12.3. The fraction of sp³-hybridized carbons (Fsp3) is 0.0833. The number of aromatic hydroxyl groups is 2. The number of carbonyl (C=O) groups is 4. The molecule has 0 spiro atoms. The Bertz CT molecular complexity index is 2200. The van der Waals surface area contributed by atoms with Crippen molar-refractivity contribution in [3.8, 4) is 23.0 Å². The van der Waals surface area contributed by atoms with Crippen LogP contribution in [-0.2, 0) is 19.5 Å². The van der Waals surface area contributed by atoms with Gasteiger partial charge in [0, 0.05) is 47.6 Å². The first-order chi connectivity index (χ1) is 28.9. The van der Waals surface area contributed by atoms with Crippen LogP contribution in [0.15, 0.2) is 170 Å². The van der Waals surface area contributed by atoms with Gasteiger partial charge in [-0.25, -0.2) is 9.59 Å². The Balaban J connectivity index is 0.000000367. The van der Waals surface area contributed by atoms with Gasteiger partial charge in [-0.3, -0.25) is 9.59 Å². The molecule has 0 saturated carbocycles. The second-order valence-electron chi connectivity index (χ2n) is 12.0. The van der Waals surface area contributed by atoms with E-state index in [9.17, 15) is 39.6 Å². The van der Waals surface area contributed by atoms with E-state index in [4.69, 9.17) is 19.7 Å². The Hall–Kier alpha value is -7.18. The molecule has 308 valence electrons. The quantitative estimate of drug-likeness (QED) is 0.0295. The summed E-state index contributed by atoms with van der Waals surface area (Å²) < 4.78 is 10.4. The predicted molar refractivity (Wildman–Crippen MR) is 222 cm³/mol. The molecule has 0 aliphatic heterocycles. The van der Waals surface area contributed by atoms with Crippen molar-refractivity contribution in [3.63, 3.8) is 0 Å². The summed E-state index contributed by atoms with van der Waals surface area (Å²) in [6.45, 7) is 3.86. The molecule has 61 heavy (non-hydrogen) atoms. The Morgan fingerprint density at radius 3 is 1.00 bits per heavy atom. The summed E-state index contributed by atoms with van der Waals surface area (Å²) in [7, 11) is 0. The standard InChI is InChI=1S/2C22H16O5.2C2H6O.Zn/c2*23-19(15-7-3-1-4-8-15)14-21(25)18-12-11-17(13-20(18)24)27-22(26)16-9-5-2-6-10-16;2*1-2-3;/h2*1-14,24-25H;2*3H,2H2,1H3;/q;;;;+2/p-2/b2*21-14-;;;. The van der Waals surface area contributed by atoms with Crippen molar-refractivity contribution in [1.82, 2.24) is 0 Å². The molecule has 0 amide bonds. The van der Waals surface area contributed by atoms with Crippen molar-refractivity contribution in [3.05, 3.63) is 203 Å². The summed E-state index contributed by atoms with van der Waals surface area (Å²) in [6, 6.07) is 41.2. The van der Waals surface area contributed by atoms with E-state index in [0.717, 1.165) is 24.3 Å². The molecular formula is C48H42O12Zn. The van der Waals surface area contributed by atoms with Crippen LogP contribution in [0.2, 0.25) is 0 Å². The molecule has 0 aliphatic carbocycles. The number of aliphatic hydroxyl groups excluding tert-OH is 2. The number of esters is 2. The molecule has 12 nitrogen and oxygen atoms in total. The van der Waals surface area contributed by atoms with E-state index >= 15 is 0 Å². The van der Waals surface area contributed by atoms with Crippen molar-refractivity contribution < 1.29 is 78.8 Å². The summed E-state index contributed by atoms with van der Waals surface area (Å²) in [5.41, 5.74) is 1.35. The first-order valence-corrected chi connectivity index (χ1v) is 18.3. The van der Waals surface area contributed by atoms with E-state index in [1.165, 1.54) is 24.3 Å². The molecule has 0 heterocycles. The third kappa shape index (κ3) is 16.5. The summed E-state index contributed by atoms with van der Waals surface area (Å²) in [4.78, 5) is 48.2. The molecular weight excluding hydrogens is 834 g/mol. The van der Waals surface area contributed by atoms with Crippen LogP contribution in [0.5, 0.6) is 23.0 Å². The number of benzene rings is 6. The van der Waals surface area contributed by atoms with Gasteiger partial charge in [0.1, 0.15) is 23.0 Å². The van der Waals surface area contributed by atoms with Gasteiger partial charge in [-0.05, 0) is 74.5 Å². The van der Waals surface area contributed by atoms with Crippen LogP contribution >= 0.6 is 0 Å². The van der Waals surface area contributed by atoms with Crippen LogP contribution in [-0.4, -0.2) is 57.1 Å². The van der Waals surface area contributed by atoms with Gasteiger partial charge in [0.05, 0.1) is 11.1 Å². The number of carbonyl (C=O) groups excluding carboxylic acids is 4. The van der Waals surface area contributed by atoms with E-state index in [-0.39, 0.29) is 66.8 Å². The zero-order valence-corrected chi connectivity index (χ0v) is 36.3. The van der Waals surface area contributed by atoms with Gasteiger partial charge >= 0.3 is 31.4 Å². The molecule has 13 heteroatoms. The normalized spacial score (nSPS) is 10.4. The molecule has 6 aromatic carbocycles. The Kier molecular flexibility index (Phi) is 21.9. The van der Waals surface area contributed by atoms with Crippen molar-refractivity contribution >= 4 is 35.0 Å². The zero-order chi connectivity index (χ0) is 43.9. The number of aliphatic hydroxyl groups is 2. The molecule has 0 atom stereocenters. The molecule has 0 saturated heterocycles. The first kappa shape index (κ1) is 50.0. The third-order valence-electron chi connectivity index (χ3n) is 7.55. The Morgan fingerprint density at radius 1 is 0.475 bits per heavy atom. The average molecular weight is 876 g/mol. The number of rotatable bonds is 10. The minimum absolute atomic E-state index is 0. The molecule has 6 rings (SSSR count). The van der Waals surface area contributed by atoms with E-state index < -0.39 is 35.0 Å². The van der Waals surface area contributed by atoms with E-state index in [2.05, 4.69) is 0 Å². The van der Waals surface area contributed by atoms with Gasteiger partial charge in [-0.2, -0.15) is 0 Å². The molecule has 0 radical (unpaired) electrons. The number of hydrogen-bond acceptors (Lipinski definition) is 12. The Labute approximate surface area is 365 Å². The smallest absolute Gasteiger partial charge is 0.872 e. The van der Waals surface area contributed by atoms with Gasteiger partial charge in [0.15, 0.2) is 11.6 Å². The molecule has 6 aromatic rings. The number of phenols is 2. The number of phenolic OH excluding ortho intramolecular Hbond substituents is 2. The van der Waals surface area contributed by atoms with Gasteiger partial charge in [-0.15, -0.1) is 0 Å². The minimum atomic E-state index is -0.637.